The number of fused-ring (bicyclic) bond motifs is 5. The van der Waals surface area contributed by atoms with E-state index in [1.807, 2.05) is 12.1 Å². The van der Waals surface area contributed by atoms with Gasteiger partial charge in [0.05, 0.1) is 10.9 Å². The fourth-order valence-corrected chi connectivity index (χ4v) is 7.02. The van der Waals surface area contributed by atoms with Crippen LogP contribution in [0.25, 0.3) is 11.1 Å². The number of hydrogen-bond donors (Lipinski definition) is 0. The van der Waals surface area contributed by atoms with Gasteiger partial charge in [-0.1, -0.05) is 47.5 Å². The first kappa shape index (κ1) is 20.0. The number of halogens is 3. The van der Waals surface area contributed by atoms with Gasteiger partial charge in [-0.2, -0.15) is 4.31 Å². The normalized spacial score (nSPS) is 20.9. The highest BCUT2D eigenvalue weighted by atomic mass is 35.5. The minimum Gasteiger partial charge on any atom is -0.207 e. The number of hydrogen-bond acceptors (Lipinski definition) is 2. The molecule has 0 saturated carbocycles. The van der Waals surface area contributed by atoms with Gasteiger partial charge in [0.15, 0.2) is 0 Å². The molecule has 154 valence electrons. The zero-order valence-corrected chi connectivity index (χ0v) is 18.2. The Morgan fingerprint density at radius 2 is 1.53 bits per heavy atom. The summed E-state index contributed by atoms with van der Waals surface area (Å²) in [5.74, 6) is 0.0647. The van der Waals surface area contributed by atoms with E-state index in [0.29, 0.717) is 22.5 Å². The topological polar surface area (TPSA) is 37.4 Å². The lowest BCUT2D eigenvalue weighted by Crippen LogP contribution is -2.37. The first-order chi connectivity index (χ1) is 14.3. The number of benzene rings is 3. The first-order valence-corrected chi connectivity index (χ1v) is 11.9. The second kappa shape index (κ2) is 7.34. The van der Waals surface area contributed by atoms with Gasteiger partial charge in [-0.3, -0.25) is 0 Å². The molecular weight excluding hydrogens is 444 g/mol. The number of nitrogens with zero attached hydrogens (tertiary/aromatic N) is 1. The third-order valence-corrected chi connectivity index (χ3v) is 8.38. The highest BCUT2D eigenvalue weighted by Crippen LogP contribution is 2.51. The predicted octanol–water partition coefficient (Wildman–Crippen LogP) is 6.42. The Hall–Kier alpha value is -1.92. The molecule has 0 N–H and O–H groups in total. The van der Waals surface area contributed by atoms with Crippen LogP contribution in [0, 0.1) is 5.82 Å². The molecule has 1 saturated heterocycles. The van der Waals surface area contributed by atoms with Crippen molar-refractivity contribution in [1.29, 1.82) is 0 Å². The molecule has 5 rings (SSSR count). The van der Waals surface area contributed by atoms with Crippen LogP contribution in [0.3, 0.4) is 0 Å². The Bertz CT molecular complexity index is 1220. The van der Waals surface area contributed by atoms with Crippen molar-refractivity contribution in [2.24, 2.45) is 0 Å². The van der Waals surface area contributed by atoms with Crippen LogP contribution in [-0.2, 0) is 10.0 Å². The molecule has 1 unspecified atom stereocenters. The van der Waals surface area contributed by atoms with Crippen molar-refractivity contribution in [3.63, 3.8) is 0 Å². The van der Waals surface area contributed by atoms with E-state index in [1.54, 1.807) is 16.4 Å². The summed E-state index contributed by atoms with van der Waals surface area (Å²) < 4.78 is 41.8. The van der Waals surface area contributed by atoms with Crippen LogP contribution in [0.5, 0.6) is 0 Å². The summed E-state index contributed by atoms with van der Waals surface area (Å²) in [7, 11) is -3.75. The Morgan fingerprint density at radius 1 is 0.867 bits per heavy atom. The second-order valence-corrected chi connectivity index (χ2v) is 10.6. The molecule has 0 spiro atoms. The van der Waals surface area contributed by atoms with Crippen LogP contribution >= 0.6 is 23.2 Å². The van der Waals surface area contributed by atoms with E-state index < -0.39 is 10.0 Å². The van der Waals surface area contributed by atoms with Crippen molar-refractivity contribution in [2.45, 2.75) is 29.7 Å². The molecule has 2 aliphatic rings. The minimum absolute atomic E-state index is 0.113. The van der Waals surface area contributed by atoms with Crippen molar-refractivity contribution in [2.75, 3.05) is 6.54 Å². The molecule has 3 aromatic rings. The first-order valence-electron chi connectivity index (χ1n) is 9.70. The summed E-state index contributed by atoms with van der Waals surface area (Å²) in [6.07, 6.45) is 1.53. The molecule has 1 aliphatic carbocycles. The molecule has 1 fully saturated rings. The summed E-state index contributed by atoms with van der Waals surface area (Å²) in [5.41, 5.74) is 4.07. The summed E-state index contributed by atoms with van der Waals surface area (Å²) in [6, 6.07) is 16.7. The highest BCUT2D eigenvalue weighted by molar-refractivity contribution is 7.89. The fourth-order valence-electron chi connectivity index (χ4n) is 4.67. The summed E-state index contributed by atoms with van der Waals surface area (Å²) >= 11 is 12.1. The maximum Gasteiger partial charge on any atom is 0.243 e. The Morgan fingerprint density at radius 3 is 2.23 bits per heavy atom. The molecule has 3 aromatic carbocycles. The van der Waals surface area contributed by atoms with Crippen molar-refractivity contribution in [3.05, 3.63) is 87.7 Å². The third kappa shape index (κ3) is 3.34. The molecule has 2 atom stereocenters. The molecule has 1 aliphatic heterocycles. The van der Waals surface area contributed by atoms with Crippen LogP contribution in [-0.4, -0.2) is 19.3 Å². The summed E-state index contributed by atoms with van der Waals surface area (Å²) in [5, 5.41) is 0.586. The van der Waals surface area contributed by atoms with Gasteiger partial charge in [0, 0.05) is 16.6 Å². The maximum absolute atomic E-state index is 13.4. The van der Waals surface area contributed by atoms with E-state index in [1.165, 1.54) is 35.9 Å². The van der Waals surface area contributed by atoms with Gasteiger partial charge < -0.3 is 0 Å². The van der Waals surface area contributed by atoms with Gasteiger partial charge in [0.25, 0.3) is 0 Å². The van der Waals surface area contributed by atoms with Crippen LogP contribution in [0.15, 0.2) is 65.6 Å². The molecule has 0 radical (unpaired) electrons. The van der Waals surface area contributed by atoms with Crippen molar-refractivity contribution in [1.82, 2.24) is 4.31 Å². The average molecular weight is 462 g/mol. The Kier molecular flexibility index (Phi) is 4.90. The molecule has 0 aromatic heterocycles. The van der Waals surface area contributed by atoms with E-state index in [2.05, 4.69) is 6.07 Å². The molecular formula is C23H18Cl2FNO2S. The van der Waals surface area contributed by atoms with E-state index in [0.717, 1.165) is 29.5 Å². The van der Waals surface area contributed by atoms with Crippen LogP contribution in [0.2, 0.25) is 10.0 Å². The molecule has 1 heterocycles. The number of piperidine rings is 1. The van der Waals surface area contributed by atoms with Crippen molar-refractivity contribution < 1.29 is 12.8 Å². The van der Waals surface area contributed by atoms with Gasteiger partial charge >= 0.3 is 0 Å². The maximum atomic E-state index is 13.4. The monoisotopic (exact) mass is 461 g/mol. The van der Waals surface area contributed by atoms with Gasteiger partial charge in [-0.05, 0) is 77.4 Å². The predicted molar refractivity (Wildman–Crippen MR) is 117 cm³/mol. The zero-order chi connectivity index (χ0) is 21.0. The minimum atomic E-state index is -3.75. The quantitative estimate of drug-likeness (QED) is 0.450. The third-order valence-electron chi connectivity index (χ3n) is 6.06. The molecule has 0 amide bonds. The lowest BCUT2D eigenvalue weighted by atomic mass is 9.95. The average Bonchev–Trinajstić information content (AvgIpc) is 2.99. The lowest BCUT2D eigenvalue weighted by molar-refractivity contribution is 0.259. The number of rotatable bonds is 3. The van der Waals surface area contributed by atoms with E-state index >= 15 is 0 Å². The Balaban J connectivity index is 1.56. The van der Waals surface area contributed by atoms with Crippen LogP contribution < -0.4 is 0 Å². The van der Waals surface area contributed by atoms with E-state index in [4.69, 9.17) is 23.2 Å². The van der Waals surface area contributed by atoms with Crippen LogP contribution in [0.4, 0.5) is 4.39 Å². The van der Waals surface area contributed by atoms with Gasteiger partial charge in [-0.15, -0.1) is 0 Å². The SMILES string of the molecule is O=S(=O)(c1cc(Cl)cc(Cl)c1)N1CCC2C[C@@H]1c1cc(-c3ccc(F)cc3)ccc12. The van der Waals surface area contributed by atoms with Crippen molar-refractivity contribution in [3.8, 4) is 11.1 Å². The standard InChI is InChI=1S/C23H18Cl2FNO2S/c24-17-11-18(25)13-20(12-17)30(28,29)27-8-7-16-10-23(27)22-9-15(3-6-21(16)22)14-1-4-19(26)5-2-14/h1-6,9,11-13,16,23H,7-8,10H2/t16?,23-/m1/s1. The Labute approximate surface area is 185 Å². The highest BCUT2D eigenvalue weighted by Gasteiger charge is 2.44. The fraction of sp³-hybridized carbons (Fsp3) is 0.217. The number of sulfonamides is 1. The van der Waals surface area contributed by atoms with Gasteiger partial charge in [0.1, 0.15) is 5.82 Å². The zero-order valence-electron chi connectivity index (χ0n) is 15.9. The van der Waals surface area contributed by atoms with Gasteiger partial charge in [-0.25, -0.2) is 12.8 Å². The summed E-state index contributed by atoms with van der Waals surface area (Å²) in [6.45, 7) is 0.447. The largest absolute Gasteiger partial charge is 0.243 e. The molecule has 7 heteroatoms. The van der Waals surface area contributed by atoms with Crippen LogP contribution in [0.1, 0.15) is 35.9 Å². The smallest absolute Gasteiger partial charge is 0.207 e. The molecule has 3 nitrogen and oxygen atoms in total. The van der Waals surface area contributed by atoms with E-state index in [9.17, 15) is 12.8 Å². The summed E-state index contributed by atoms with van der Waals surface area (Å²) in [4.78, 5) is 0.113. The van der Waals surface area contributed by atoms with Crippen molar-refractivity contribution >= 4 is 33.2 Å². The molecule has 2 bridgehead atoms. The molecule has 30 heavy (non-hydrogen) atoms. The van der Waals surface area contributed by atoms with E-state index in [-0.39, 0.29) is 16.8 Å². The van der Waals surface area contributed by atoms with Gasteiger partial charge in [0.2, 0.25) is 10.0 Å². The lowest BCUT2D eigenvalue weighted by Gasteiger charge is -2.32. The second-order valence-electron chi connectivity index (χ2n) is 7.81.